The molecule has 1 aromatic carbocycles. The van der Waals surface area contributed by atoms with Crippen LogP contribution in [-0.2, 0) is 11.7 Å². The summed E-state index contributed by atoms with van der Waals surface area (Å²) in [6.45, 7) is 7.96. The Kier molecular flexibility index (Phi) is 3.80. The topological polar surface area (TPSA) is 27.1 Å². The Balaban J connectivity index is 1.95. The number of hydrogen-bond donors (Lipinski definition) is 0. The first-order chi connectivity index (χ1) is 10.7. The van der Waals surface area contributed by atoms with E-state index in [0.717, 1.165) is 11.0 Å². The average Bonchev–Trinajstić information content (AvgIpc) is 2.78. The Morgan fingerprint density at radius 1 is 1.09 bits per heavy atom. The van der Waals surface area contributed by atoms with Crippen LogP contribution in [0.3, 0.4) is 0 Å². The highest BCUT2D eigenvalue weighted by Crippen LogP contribution is 2.36. The van der Waals surface area contributed by atoms with Crippen LogP contribution in [0.25, 0.3) is 21.8 Å². The van der Waals surface area contributed by atoms with Crippen molar-refractivity contribution in [3.63, 3.8) is 0 Å². The first kappa shape index (κ1) is 16.1. The maximum Gasteiger partial charge on any atom is 0.330 e. The maximum atomic E-state index is 6.19. The highest BCUT2D eigenvalue weighted by Gasteiger charge is 2.32. The first-order valence-corrected chi connectivity index (χ1v) is 7.83. The van der Waals surface area contributed by atoms with E-state index in [4.69, 9.17) is 12.5 Å². The zero-order valence-electron chi connectivity index (χ0n) is 14.4. The fraction of sp³-hybridized carbons (Fsp3) is 0.389. The number of benzene rings is 1. The summed E-state index contributed by atoms with van der Waals surface area (Å²) >= 11 is 0. The van der Waals surface area contributed by atoms with E-state index in [2.05, 4.69) is 34.8 Å². The summed E-state index contributed by atoms with van der Waals surface area (Å²) in [5.41, 5.74) is 2.91. The lowest BCUT2D eigenvalue weighted by atomic mass is 9.61. The lowest BCUT2D eigenvalue weighted by molar-refractivity contribution is 0.0767. The number of aryl methyl sites for hydroxylation is 1. The molecule has 0 saturated heterocycles. The zero-order chi connectivity index (χ0) is 16.8. The van der Waals surface area contributed by atoms with Gasteiger partial charge in [0.05, 0.1) is 13.4 Å². The van der Waals surface area contributed by atoms with E-state index < -0.39 is 10.9 Å². The summed E-state index contributed by atoms with van der Waals surface area (Å²) in [7, 11) is 10.1. The highest BCUT2D eigenvalue weighted by molar-refractivity contribution is 6.47. The maximum absolute atomic E-state index is 6.19. The molecule has 23 heavy (non-hydrogen) atoms. The van der Waals surface area contributed by atoms with Crippen LogP contribution in [0.1, 0.15) is 27.7 Å². The first-order valence-electron chi connectivity index (χ1n) is 7.83. The van der Waals surface area contributed by atoms with Gasteiger partial charge in [0.25, 0.3) is 0 Å². The molecule has 3 nitrogen and oxygen atoms in total. The molecule has 0 aliphatic heterocycles. The zero-order valence-corrected chi connectivity index (χ0v) is 14.4. The van der Waals surface area contributed by atoms with Crippen LogP contribution < -0.4 is 5.46 Å². The Morgan fingerprint density at radius 3 is 2.52 bits per heavy atom. The van der Waals surface area contributed by atoms with Crippen LogP contribution in [0.2, 0.25) is 5.31 Å². The molecule has 3 rings (SSSR count). The van der Waals surface area contributed by atoms with Gasteiger partial charge in [0.1, 0.15) is 0 Å². The molecule has 5 heteroatoms. The molecule has 0 bridgehead atoms. The Bertz CT molecular complexity index is 862. The molecule has 0 N–H and O–H groups in total. The molecule has 0 saturated carbocycles. The number of rotatable bonds is 4. The van der Waals surface area contributed by atoms with Crippen molar-refractivity contribution >= 4 is 42.6 Å². The lowest BCUT2D eigenvalue weighted by Gasteiger charge is -2.39. The molecule has 3 aromatic rings. The molecule has 0 aliphatic carbocycles. The van der Waals surface area contributed by atoms with Crippen molar-refractivity contribution < 1.29 is 4.65 Å². The molecule has 3 radical (unpaired) electrons. The molecule has 0 unspecified atom stereocenters. The van der Waals surface area contributed by atoms with Gasteiger partial charge in [-0.15, -0.1) is 0 Å². The van der Waals surface area contributed by atoms with E-state index in [1.165, 1.54) is 16.3 Å². The van der Waals surface area contributed by atoms with Gasteiger partial charge >= 0.3 is 7.48 Å². The second-order valence-electron chi connectivity index (χ2n) is 7.20. The molecule has 0 fully saturated rings. The number of fused-ring (bicyclic) bond motifs is 3. The van der Waals surface area contributed by atoms with E-state index in [1.54, 1.807) is 7.48 Å². The molecule has 0 aliphatic rings. The van der Waals surface area contributed by atoms with Crippen molar-refractivity contribution in [2.45, 2.75) is 38.6 Å². The van der Waals surface area contributed by atoms with E-state index >= 15 is 0 Å². The highest BCUT2D eigenvalue weighted by atomic mass is 16.5. The van der Waals surface area contributed by atoms with Crippen molar-refractivity contribution in [2.24, 2.45) is 7.05 Å². The van der Waals surface area contributed by atoms with E-state index in [9.17, 15) is 0 Å². The summed E-state index contributed by atoms with van der Waals surface area (Å²) in [6, 6.07) is 8.35. The predicted molar refractivity (Wildman–Crippen MR) is 98.6 cm³/mol. The fourth-order valence-corrected chi connectivity index (χ4v) is 2.51. The minimum absolute atomic E-state index is 0.432. The third-order valence-electron chi connectivity index (χ3n) is 4.87. The number of aromatic nitrogens is 2. The summed E-state index contributed by atoms with van der Waals surface area (Å²) in [4.78, 5) is 4.23. The molecular formula is C18H21B2N2O. The van der Waals surface area contributed by atoms with Crippen LogP contribution in [0.5, 0.6) is 0 Å². The Hall–Kier alpha value is -1.74. The van der Waals surface area contributed by atoms with Crippen LogP contribution in [0.15, 0.2) is 36.7 Å². The van der Waals surface area contributed by atoms with Crippen LogP contribution in [-0.4, -0.2) is 30.5 Å². The SMILES string of the molecule is [B]C(C)(C)C(C)(C)O[B]c1ccc2c3cnccc3n(C)c2c1. The van der Waals surface area contributed by atoms with Crippen molar-refractivity contribution in [2.75, 3.05) is 0 Å². The van der Waals surface area contributed by atoms with Gasteiger partial charge < -0.3 is 9.22 Å². The van der Waals surface area contributed by atoms with Crippen molar-refractivity contribution in [1.82, 2.24) is 9.55 Å². The molecule has 2 aromatic heterocycles. The van der Waals surface area contributed by atoms with Gasteiger partial charge in [0, 0.05) is 41.3 Å². The molecule has 0 amide bonds. The summed E-state index contributed by atoms with van der Waals surface area (Å²) in [5, 5.41) is 1.94. The number of hydrogen-bond acceptors (Lipinski definition) is 2. The predicted octanol–water partition coefficient (Wildman–Crippen LogP) is 3.13. The second kappa shape index (κ2) is 5.41. The van der Waals surface area contributed by atoms with E-state index in [0.29, 0.717) is 0 Å². The van der Waals surface area contributed by atoms with E-state index in [-0.39, 0.29) is 0 Å². The van der Waals surface area contributed by atoms with Crippen LogP contribution in [0.4, 0.5) is 0 Å². The van der Waals surface area contributed by atoms with Gasteiger partial charge in [-0.25, -0.2) is 0 Å². The molecular weight excluding hydrogens is 282 g/mol. The largest absolute Gasteiger partial charge is 0.430 e. The van der Waals surface area contributed by atoms with Crippen LogP contribution in [0, 0.1) is 0 Å². The smallest absolute Gasteiger partial charge is 0.330 e. The molecule has 115 valence electrons. The Morgan fingerprint density at radius 2 is 1.83 bits per heavy atom. The standard InChI is InChI=1S/C18H21B2N2O/c1-17(2,19)18(3,4)23-20-12-6-7-13-14-11-21-9-8-15(14)22(5)16(13)10-12/h6-11H,1-5H3. The normalized spacial score (nSPS) is 12.9. The molecule has 0 atom stereocenters. The monoisotopic (exact) mass is 303 g/mol. The summed E-state index contributed by atoms with van der Waals surface area (Å²) in [6.07, 6.45) is 3.74. The summed E-state index contributed by atoms with van der Waals surface area (Å²) in [5.74, 6) is 0. The van der Waals surface area contributed by atoms with Crippen LogP contribution >= 0.6 is 0 Å². The fourth-order valence-electron chi connectivity index (χ4n) is 2.51. The van der Waals surface area contributed by atoms with Gasteiger partial charge in [-0.3, -0.25) is 4.98 Å². The lowest BCUT2D eigenvalue weighted by Crippen LogP contribution is -2.40. The third kappa shape index (κ3) is 2.78. The average molecular weight is 303 g/mol. The van der Waals surface area contributed by atoms with Gasteiger partial charge in [-0.05, 0) is 31.3 Å². The van der Waals surface area contributed by atoms with Gasteiger partial charge in [0.15, 0.2) is 0 Å². The number of nitrogens with zero attached hydrogens (tertiary/aromatic N) is 2. The second-order valence-corrected chi connectivity index (χ2v) is 7.20. The van der Waals surface area contributed by atoms with Gasteiger partial charge in [-0.2, -0.15) is 0 Å². The van der Waals surface area contributed by atoms with Gasteiger partial charge in [0.2, 0.25) is 0 Å². The minimum atomic E-state index is -0.454. The Labute approximate surface area is 139 Å². The van der Waals surface area contributed by atoms with Crippen molar-refractivity contribution in [3.8, 4) is 0 Å². The summed E-state index contributed by atoms with van der Waals surface area (Å²) < 4.78 is 8.15. The van der Waals surface area contributed by atoms with Gasteiger partial charge in [-0.1, -0.05) is 31.4 Å². The molecule has 2 heterocycles. The van der Waals surface area contributed by atoms with Crippen molar-refractivity contribution in [1.29, 1.82) is 0 Å². The molecule has 0 spiro atoms. The third-order valence-corrected chi connectivity index (χ3v) is 4.87. The quantitative estimate of drug-likeness (QED) is 0.692. The van der Waals surface area contributed by atoms with Crippen molar-refractivity contribution in [3.05, 3.63) is 36.7 Å². The minimum Gasteiger partial charge on any atom is -0.430 e. The van der Waals surface area contributed by atoms with E-state index in [1.807, 2.05) is 46.2 Å². The number of pyridine rings is 1.